The van der Waals surface area contributed by atoms with Gasteiger partial charge >= 0.3 is 0 Å². The number of hydrogen-bond acceptors (Lipinski definition) is 4. The maximum Gasteiger partial charge on any atom is 0.225 e. The van der Waals surface area contributed by atoms with E-state index in [9.17, 15) is 4.79 Å². The fourth-order valence-electron chi connectivity index (χ4n) is 2.34. The summed E-state index contributed by atoms with van der Waals surface area (Å²) in [6.07, 6.45) is 5.44. The second kappa shape index (κ2) is 6.68. The molecule has 1 aliphatic heterocycles. The van der Waals surface area contributed by atoms with E-state index in [1.807, 2.05) is 6.07 Å². The van der Waals surface area contributed by atoms with Crippen molar-refractivity contribution in [1.82, 2.24) is 15.3 Å². The summed E-state index contributed by atoms with van der Waals surface area (Å²) in [6.45, 7) is 7.93. The zero-order chi connectivity index (χ0) is 14.5. The van der Waals surface area contributed by atoms with Gasteiger partial charge in [-0.2, -0.15) is 0 Å². The van der Waals surface area contributed by atoms with Crippen LogP contribution in [0, 0.1) is 11.8 Å². The highest BCUT2D eigenvalue weighted by Gasteiger charge is 2.27. The van der Waals surface area contributed by atoms with E-state index in [1.54, 1.807) is 12.4 Å². The van der Waals surface area contributed by atoms with Crippen molar-refractivity contribution >= 4 is 11.9 Å². The van der Waals surface area contributed by atoms with Crippen molar-refractivity contribution in [3.63, 3.8) is 0 Å². The summed E-state index contributed by atoms with van der Waals surface area (Å²) in [7, 11) is 0. The average Bonchev–Trinajstić information content (AvgIpc) is 2.48. The first-order valence-corrected chi connectivity index (χ1v) is 7.40. The van der Waals surface area contributed by atoms with E-state index >= 15 is 0 Å². The second-order valence-electron chi connectivity index (χ2n) is 5.88. The molecule has 2 heterocycles. The molecular formula is C15H24N4O. The summed E-state index contributed by atoms with van der Waals surface area (Å²) >= 11 is 0. The summed E-state index contributed by atoms with van der Waals surface area (Å²) < 4.78 is 0. The molecule has 110 valence electrons. The van der Waals surface area contributed by atoms with Crippen LogP contribution in [0.15, 0.2) is 18.5 Å². The molecule has 1 amide bonds. The van der Waals surface area contributed by atoms with Gasteiger partial charge < -0.3 is 10.2 Å². The van der Waals surface area contributed by atoms with Gasteiger partial charge in [-0.1, -0.05) is 13.8 Å². The summed E-state index contributed by atoms with van der Waals surface area (Å²) in [5.74, 6) is 1.37. The smallest absolute Gasteiger partial charge is 0.225 e. The number of rotatable bonds is 4. The fourth-order valence-corrected chi connectivity index (χ4v) is 2.34. The Kier molecular flexibility index (Phi) is 4.93. The highest BCUT2D eigenvalue weighted by Crippen LogP contribution is 2.20. The Morgan fingerprint density at radius 2 is 2.05 bits per heavy atom. The van der Waals surface area contributed by atoms with Crippen molar-refractivity contribution in [2.24, 2.45) is 11.8 Å². The van der Waals surface area contributed by atoms with Gasteiger partial charge in [0.1, 0.15) is 0 Å². The zero-order valence-corrected chi connectivity index (χ0v) is 12.5. The van der Waals surface area contributed by atoms with E-state index < -0.39 is 0 Å². The van der Waals surface area contributed by atoms with Crippen molar-refractivity contribution in [3.8, 4) is 0 Å². The summed E-state index contributed by atoms with van der Waals surface area (Å²) in [5.41, 5.74) is 0. The molecule has 0 aromatic carbocycles. The lowest BCUT2D eigenvalue weighted by molar-refractivity contribution is -0.126. The number of hydrogen-bond donors (Lipinski definition) is 1. The first-order chi connectivity index (χ1) is 9.58. The predicted molar refractivity (Wildman–Crippen MR) is 79.4 cm³/mol. The van der Waals surface area contributed by atoms with Crippen LogP contribution < -0.4 is 10.2 Å². The molecule has 1 fully saturated rings. The van der Waals surface area contributed by atoms with Gasteiger partial charge in [0, 0.05) is 31.5 Å². The van der Waals surface area contributed by atoms with Crippen LogP contribution in [0.1, 0.15) is 33.6 Å². The molecule has 2 rings (SSSR count). The number of nitrogens with zero attached hydrogens (tertiary/aromatic N) is 3. The van der Waals surface area contributed by atoms with E-state index in [0.29, 0.717) is 12.5 Å². The SMILES string of the molecule is CC(C)C(C)NC(=O)C1CCCN(c2ncccn2)C1. The summed E-state index contributed by atoms with van der Waals surface area (Å²) in [4.78, 5) is 23.0. The van der Waals surface area contributed by atoms with Crippen LogP contribution in [0.4, 0.5) is 5.95 Å². The fraction of sp³-hybridized carbons (Fsp3) is 0.667. The second-order valence-corrected chi connectivity index (χ2v) is 5.88. The number of carbonyl (C=O) groups excluding carboxylic acids is 1. The largest absolute Gasteiger partial charge is 0.353 e. The number of nitrogens with one attached hydrogen (secondary N) is 1. The van der Waals surface area contributed by atoms with Gasteiger partial charge in [-0.05, 0) is 31.7 Å². The molecule has 0 saturated carbocycles. The molecule has 1 N–H and O–H groups in total. The predicted octanol–water partition coefficient (Wildman–Crippen LogP) is 1.85. The van der Waals surface area contributed by atoms with Crippen molar-refractivity contribution in [2.75, 3.05) is 18.0 Å². The van der Waals surface area contributed by atoms with E-state index in [-0.39, 0.29) is 17.9 Å². The first-order valence-electron chi connectivity index (χ1n) is 7.40. The Hall–Kier alpha value is -1.65. The van der Waals surface area contributed by atoms with Crippen LogP contribution in [-0.4, -0.2) is 35.0 Å². The number of piperidine rings is 1. The Bertz CT molecular complexity index is 435. The van der Waals surface area contributed by atoms with Crippen LogP contribution in [0.25, 0.3) is 0 Å². The van der Waals surface area contributed by atoms with Crippen molar-refractivity contribution in [1.29, 1.82) is 0 Å². The lowest BCUT2D eigenvalue weighted by Crippen LogP contribution is -2.46. The van der Waals surface area contributed by atoms with Gasteiger partial charge in [0.25, 0.3) is 0 Å². The Morgan fingerprint density at radius 3 is 2.70 bits per heavy atom. The summed E-state index contributed by atoms with van der Waals surface area (Å²) in [5, 5.41) is 3.11. The summed E-state index contributed by atoms with van der Waals surface area (Å²) in [6, 6.07) is 2.02. The van der Waals surface area contributed by atoms with Gasteiger partial charge in [-0.25, -0.2) is 9.97 Å². The maximum atomic E-state index is 12.3. The van der Waals surface area contributed by atoms with Crippen LogP contribution in [0.3, 0.4) is 0 Å². The van der Waals surface area contributed by atoms with Gasteiger partial charge in [0.15, 0.2) is 0 Å². The van der Waals surface area contributed by atoms with E-state index in [1.165, 1.54) is 0 Å². The Morgan fingerprint density at radius 1 is 1.35 bits per heavy atom. The normalized spacial score (nSPS) is 20.8. The molecule has 2 unspecified atom stereocenters. The van der Waals surface area contributed by atoms with Gasteiger partial charge in [-0.3, -0.25) is 4.79 Å². The highest BCUT2D eigenvalue weighted by atomic mass is 16.2. The molecule has 1 saturated heterocycles. The average molecular weight is 276 g/mol. The lowest BCUT2D eigenvalue weighted by atomic mass is 9.96. The standard InChI is InChI=1S/C15H24N4O/c1-11(2)12(3)18-14(20)13-6-4-9-19(10-13)15-16-7-5-8-17-15/h5,7-8,11-13H,4,6,9-10H2,1-3H3,(H,18,20). The molecule has 1 aromatic heterocycles. The maximum absolute atomic E-state index is 12.3. The molecule has 20 heavy (non-hydrogen) atoms. The third kappa shape index (κ3) is 3.68. The van der Waals surface area contributed by atoms with Gasteiger partial charge in [0.2, 0.25) is 11.9 Å². The molecule has 1 aliphatic rings. The van der Waals surface area contributed by atoms with Crippen molar-refractivity contribution in [3.05, 3.63) is 18.5 Å². The third-order valence-corrected chi connectivity index (χ3v) is 4.00. The monoisotopic (exact) mass is 276 g/mol. The minimum atomic E-state index is 0.0359. The van der Waals surface area contributed by atoms with Crippen LogP contribution in [-0.2, 0) is 4.79 Å². The van der Waals surface area contributed by atoms with Crippen LogP contribution in [0.5, 0.6) is 0 Å². The zero-order valence-electron chi connectivity index (χ0n) is 12.5. The lowest BCUT2D eigenvalue weighted by Gasteiger charge is -2.32. The number of amides is 1. The highest BCUT2D eigenvalue weighted by molar-refractivity contribution is 5.79. The van der Waals surface area contributed by atoms with Gasteiger partial charge in [0.05, 0.1) is 5.92 Å². The van der Waals surface area contributed by atoms with Crippen LogP contribution in [0.2, 0.25) is 0 Å². The van der Waals surface area contributed by atoms with Gasteiger partial charge in [-0.15, -0.1) is 0 Å². The van der Waals surface area contributed by atoms with Crippen molar-refractivity contribution in [2.45, 2.75) is 39.7 Å². The quantitative estimate of drug-likeness (QED) is 0.912. The van der Waals surface area contributed by atoms with Crippen molar-refractivity contribution < 1.29 is 4.79 Å². The molecule has 0 aliphatic carbocycles. The molecule has 0 radical (unpaired) electrons. The number of aromatic nitrogens is 2. The molecule has 1 aromatic rings. The number of anilines is 1. The van der Waals surface area contributed by atoms with E-state index in [0.717, 1.165) is 25.3 Å². The number of carbonyl (C=O) groups is 1. The molecular weight excluding hydrogens is 252 g/mol. The molecule has 0 bridgehead atoms. The van der Waals surface area contributed by atoms with E-state index in [4.69, 9.17) is 0 Å². The minimum absolute atomic E-state index is 0.0359. The minimum Gasteiger partial charge on any atom is -0.353 e. The topological polar surface area (TPSA) is 58.1 Å². The Balaban J connectivity index is 1.95. The molecule has 0 spiro atoms. The van der Waals surface area contributed by atoms with E-state index in [2.05, 4.69) is 41.0 Å². The first kappa shape index (κ1) is 14.8. The molecule has 5 heteroatoms. The molecule has 5 nitrogen and oxygen atoms in total. The Labute approximate surface area is 120 Å². The third-order valence-electron chi connectivity index (χ3n) is 4.00. The molecule has 2 atom stereocenters. The van der Waals surface area contributed by atoms with Crippen LogP contribution >= 0.6 is 0 Å².